The summed E-state index contributed by atoms with van der Waals surface area (Å²) < 4.78 is 1.39. The van der Waals surface area contributed by atoms with Crippen molar-refractivity contribution in [3.63, 3.8) is 0 Å². The number of carbonyl (C=O) groups excluding carboxylic acids is 1. The maximum absolute atomic E-state index is 12.4. The van der Waals surface area contributed by atoms with E-state index in [4.69, 9.17) is 5.73 Å². The lowest BCUT2D eigenvalue weighted by molar-refractivity contribution is 0.101. The molecule has 1 aromatic heterocycles. The molecule has 0 fully saturated rings. The Morgan fingerprint density at radius 1 is 1.12 bits per heavy atom. The summed E-state index contributed by atoms with van der Waals surface area (Å²) in [6.45, 7) is 1.96. The molecule has 3 aromatic rings. The van der Waals surface area contributed by atoms with Gasteiger partial charge in [0.1, 0.15) is 17.5 Å². The van der Waals surface area contributed by atoms with E-state index in [2.05, 4.69) is 11.5 Å². The number of nitrogens with zero attached hydrogens (tertiary/aromatic N) is 2. The first-order chi connectivity index (χ1) is 11.6. The van der Waals surface area contributed by atoms with Gasteiger partial charge in [-0.15, -0.1) is 0 Å². The fourth-order valence-corrected chi connectivity index (χ4v) is 2.45. The molecule has 0 unspecified atom stereocenters. The van der Waals surface area contributed by atoms with E-state index in [1.807, 2.05) is 49.4 Å². The first-order valence-corrected chi connectivity index (χ1v) is 7.44. The normalized spacial score (nSPS) is 10.2. The topological polar surface area (TPSA) is 83.8 Å². The van der Waals surface area contributed by atoms with Crippen LogP contribution in [0.3, 0.4) is 0 Å². The van der Waals surface area contributed by atoms with Crippen molar-refractivity contribution >= 4 is 11.7 Å². The molecule has 0 spiro atoms. The number of benzene rings is 2. The molecule has 2 aromatic carbocycles. The van der Waals surface area contributed by atoms with Gasteiger partial charge in [-0.1, -0.05) is 48.0 Å². The Kier molecular flexibility index (Phi) is 4.04. The Bertz CT molecular complexity index is 918. The fraction of sp³-hybridized carbons (Fsp3) is 0.0526. The molecular formula is C19H16N4O. The van der Waals surface area contributed by atoms with Crippen LogP contribution in [0.5, 0.6) is 0 Å². The SMILES string of the molecule is Cc1ccc(C(=O)Nn2cc(-c3ccccc3)c(C#N)c2N)cc1. The molecule has 5 heteroatoms. The number of nitrogen functional groups attached to an aromatic ring is 1. The lowest BCUT2D eigenvalue weighted by atomic mass is 10.1. The Morgan fingerprint density at radius 2 is 1.79 bits per heavy atom. The van der Waals surface area contributed by atoms with E-state index in [1.54, 1.807) is 18.3 Å². The second kappa shape index (κ2) is 6.31. The van der Waals surface area contributed by atoms with Gasteiger partial charge in [-0.25, -0.2) is 4.68 Å². The molecule has 0 saturated heterocycles. The first-order valence-electron chi connectivity index (χ1n) is 7.44. The van der Waals surface area contributed by atoms with Crippen LogP contribution in [0.25, 0.3) is 11.1 Å². The second-order valence-electron chi connectivity index (χ2n) is 5.46. The molecule has 3 N–H and O–H groups in total. The minimum Gasteiger partial charge on any atom is -0.383 e. The molecule has 0 aliphatic carbocycles. The predicted octanol–water partition coefficient (Wildman–Crippen LogP) is 3.30. The molecule has 1 amide bonds. The Labute approximate surface area is 139 Å². The molecular weight excluding hydrogens is 300 g/mol. The monoisotopic (exact) mass is 316 g/mol. The minimum atomic E-state index is -0.291. The fourth-order valence-electron chi connectivity index (χ4n) is 2.45. The highest BCUT2D eigenvalue weighted by atomic mass is 16.2. The molecule has 5 nitrogen and oxygen atoms in total. The number of hydrogen-bond donors (Lipinski definition) is 2. The van der Waals surface area contributed by atoms with Gasteiger partial charge in [0.25, 0.3) is 5.91 Å². The summed E-state index contributed by atoms with van der Waals surface area (Å²) in [6.07, 6.45) is 1.66. The van der Waals surface area contributed by atoms with E-state index in [9.17, 15) is 10.1 Å². The number of aryl methyl sites for hydroxylation is 1. The Balaban J connectivity index is 1.95. The number of nitriles is 1. The van der Waals surface area contributed by atoms with E-state index in [0.717, 1.165) is 11.1 Å². The van der Waals surface area contributed by atoms with Crippen LogP contribution in [0.2, 0.25) is 0 Å². The van der Waals surface area contributed by atoms with Crippen molar-refractivity contribution < 1.29 is 4.79 Å². The third kappa shape index (κ3) is 2.85. The van der Waals surface area contributed by atoms with Crippen molar-refractivity contribution in [2.45, 2.75) is 6.92 Å². The van der Waals surface area contributed by atoms with Crippen molar-refractivity contribution in [2.75, 3.05) is 11.2 Å². The maximum atomic E-state index is 12.4. The summed E-state index contributed by atoms with van der Waals surface area (Å²) >= 11 is 0. The summed E-state index contributed by atoms with van der Waals surface area (Å²) in [4.78, 5) is 12.4. The zero-order chi connectivity index (χ0) is 17.1. The minimum absolute atomic E-state index is 0.205. The Hall–Kier alpha value is -3.52. The first kappa shape index (κ1) is 15.4. The van der Waals surface area contributed by atoms with Crippen LogP contribution in [0, 0.1) is 18.3 Å². The van der Waals surface area contributed by atoms with Gasteiger partial charge in [0.05, 0.1) is 0 Å². The molecule has 1 heterocycles. The molecule has 0 aliphatic rings. The van der Waals surface area contributed by atoms with E-state index < -0.39 is 0 Å². The summed E-state index contributed by atoms with van der Waals surface area (Å²) in [5.74, 6) is -0.0855. The number of amides is 1. The number of aromatic nitrogens is 1. The summed E-state index contributed by atoms with van der Waals surface area (Å²) in [6, 6.07) is 18.8. The summed E-state index contributed by atoms with van der Waals surface area (Å²) in [7, 11) is 0. The van der Waals surface area contributed by atoms with Crippen LogP contribution in [0.1, 0.15) is 21.5 Å². The lowest BCUT2D eigenvalue weighted by Gasteiger charge is -2.08. The van der Waals surface area contributed by atoms with Gasteiger partial charge in [0.2, 0.25) is 0 Å². The van der Waals surface area contributed by atoms with Crippen molar-refractivity contribution in [1.29, 1.82) is 5.26 Å². The standard InChI is InChI=1S/C19H16N4O/c1-13-7-9-15(10-8-13)19(24)22-23-12-17(16(11-20)18(23)21)14-5-3-2-4-6-14/h2-10,12H,21H2,1H3,(H,22,24). The Morgan fingerprint density at radius 3 is 2.42 bits per heavy atom. The molecule has 0 saturated carbocycles. The molecule has 24 heavy (non-hydrogen) atoms. The number of nitrogens with one attached hydrogen (secondary N) is 1. The third-order valence-corrected chi connectivity index (χ3v) is 3.78. The van der Waals surface area contributed by atoms with E-state index in [-0.39, 0.29) is 11.7 Å². The van der Waals surface area contributed by atoms with Crippen molar-refractivity contribution in [2.24, 2.45) is 0 Å². The maximum Gasteiger partial charge on any atom is 0.270 e. The highest BCUT2D eigenvalue weighted by molar-refractivity contribution is 6.00. The molecule has 0 aliphatic heterocycles. The van der Waals surface area contributed by atoms with E-state index >= 15 is 0 Å². The largest absolute Gasteiger partial charge is 0.383 e. The quantitative estimate of drug-likeness (QED) is 0.777. The lowest BCUT2D eigenvalue weighted by Crippen LogP contribution is -2.23. The number of rotatable bonds is 3. The van der Waals surface area contributed by atoms with Crippen LogP contribution in [0.4, 0.5) is 5.82 Å². The highest BCUT2D eigenvalue weighted by Crippen LogP contribution is 2.28. The van der Waals surface area contributed by atoms with Gasteiger partial charge in [-0.05, 0) is 24.6 Å². The van der Waals surface area contributed by atoms with Crippen LogP contribution in [-0.4, -0.2) is 10.6 Å². The van der Waals surface area contributed by atoms with Crippen LogP contribution >= 0.6 is 0 Å². The third-order valence-electron chi connectivity index (χ3n) is 3.78. The smallest absolute Gasteiger partial charge is 0.270 e. The highest BCUT2D eigenvalue weighted by Gasteiger charge is 2.16. The van der Waals surface area contributed by atoms with Crippen molar-refractivity contribution in [3.05, 3.63) is 77.5 Å². The van der Waals surface area contributed by atoms with Gasteiger partial charge in [-0.2, -0.15) is 5.26 Å². The molecule has 0 atom stereocenters. The molecule has 118 valence electrons. The second-order valence-corrected chi connectivity index (χ2v) is 5.46. The number of anilines is 1. The van der Waals surface area contributed by atoms with Crippen LogP contribution < -0.4 is 11.2 Å². The average Bonchev–Trinajstić information content (AvgIpc) is 2.92. The number of nitrogens with two attached hydrogens (primary N) is 1. The van der Waals surface area contributed by atoms with Gasteiger partial charge in [0.15, 0.2) is 0 Å². The molecule has 0 radical (unpaired) electrons. The van der Waals surface area contributed by atoms with E-state index in [0.29, 0.717) is 16.7 Å². The molecule has 3 rings (SSSR count). The summed E-state index contributed by atoms with van der Waals surface area (Å²) in [5.41, 5.74) is 12.2. The van der Waals surface area contributed by atoms with Crippen molar-refractivity contribution in [3.8, 4) is 17.2 Å². The number of hydrogen-bond acceptors (Lipinski definition) is 3. The van der Waals surface area contributed by atoms with Crippen molar-refractivity contribution in [1.82, 2.24) is 4.68 Å². The number of carbonyl (C=O) groups is 1. The van der Waals surface area contributed by atoms with Crippen LogP contribution in [-0.2, 0) is 0 Å². The zero-order valence-electron chi connectivity index (χ0n) is 13.2. The van der Waals surface area contributed by atoms with Gasteiger partial charge in [-0.3, -0.25) is 10.2 Å². The van der Waals surface area contributed by atoms with E-state index in [1.165, 1.54) is 4.68 Å². The van der Waals surface area contributed by atoms with Gasteiger partial charge < -0.3 is 5.73 Å². The average molecular weight is 316 g/mol. The van der Waals surface area contributed by atoms with Crippen LogP contribution in [0.15, 0.2) is 60.8 Å². The summed E-state index contributed by atoms with van der Waals surface area (Å²) in [5, 5.41) is 9.40. The zero-order valence-corrected chi connectivity index (χ0v) is 13.2. The van der Waals surface area contributed by atoms with Gasteiger partial charge in [0, 0.05) is 17.3 Å². The van der Waals surface area contributed by atoms with Gasteiger partial charge >= 0.3 is 0 Å². The molecule has 0 bridgehead atoms. The predicted molar refractivity (Wildman–Crippen MR) is 93.9 cm³/mol.